The third-order valence-electron chi connectivity index (χ3n) is 3.71. The first-order valence-corrected chi connectivity index (χ1v) is 6.77. The molecule has 0 saturated heterocycles. The molecule has 2 aromatic rings. The van der Waals surface area contributed by atoms with E-state index in [9.17, 15) is 0 Å². The highest BCUT2D eigenvalue weighted by Crippen LogP contribution is 2.17. The van der Waals surface area contributed by atoms with Gasteiger partial charge in [-0.2, -0.15) is 10.2 Å². The first-order chi connectivity index (χ1) is 9.02. The molecule has 2 aromatic heterocycles. The van der Waals surface area contributed by atoms with Gasteiger partial charge >= 0.3 is 0 Å². The van der Waals surface area contributed by atoms with E-state index in [0.29, 0.717) is 6.04 Å². The van der Waals surface area contributed by atoms with E-state index in [0.717, 1.165) is 18.8 Å². The highest BCUT2D eigenvalue weighted by atomic mass is 15.3. The fourth-order valence-corrected chi connectivity index (χ4v) is 2.21. The molecule has 0 aliphatic rings. The van der Waals surface area contributed by atoms with E-state index in [1.54, 1.807) is 0 Å². The Hall–Kier alpha value is -1.62. The Morgan fingerprint density at radius 2 is 2.11 bits per heavy atom. The fraction of sp³-hybridized carbons (Fsp3) is 0.571. The van der Waals surface area contributed by atoms with Crippen molar-refractivity contribution in [1.29, 1.82) is 0 Å². The SMILES string of the molecule is CCn1cc(C(C)NCc2cnn(C)c2C)c(C)n1. The van der Waals surface area contributed by atoms with Gasteiger partial charge in [-0.25, -0.2) is 0 Å². The van der Waals surface area contributed by atoms with Crippen molar-refractivity contribution >= 4 is 0 Å². The van der Waals surface area contributed by atoms with Gasteiger partial charge in [0.15, 0.2) is 0 Å². The summed E-state index contributed by atoms with van der Waals surface area (Å²) in [5, 5.41) is 12.3. The Balaban J connectivity index is 2.03. The molecule has 5 heteroatoms. The van der Waals surface area contributed by atoms with Gasteiger partial charge in [0.2, 0.25) is 0 Å². The Labute approximate surface area is 114 Å². The number of nitrogens with one attached hydrogen (secondary N) is 1. The minimum atomic E-state index is 0.292. The summed E-state index contributed by atoms with van der Waals surface area (Å²) in [6.07, 6.45) is 4.06. The highest BCUT2D eigenvalue weighted by molar-refractivity contribution is 5.21. The summed E-state index contributed by atoms with van der Waals surface area (Å²) < 4.78 is 3.89. The molecule has 5 nitrogen and oxygen atoms in total. The molecule has 0 spiro atoms. The summed E-state index contributed by atoms with van der Waals surface area (Å²) >= 11 is 0. The lowest BCUT2D eigenvalue weighted by molar-refractivity contribution is 0.569. The van der Waals surface area contributed by atoms with Crippen LogP contribution in [0, 0.1) is 13.8 Å². The minimum absolute atomic E-state index is 0.292. The molecular formula is C14H23N5. The first-order valence-electron chi connectivity index (χ1n) is 6.77. The van der Waals surface area contributed by atoms with Crippen molar-refractivity contribution < 1.29 is 0 Å². The van der Waals surface area contributed by atoms with Crippen LogP contribution in [-0.4, -0.2) is 19.6 Å². The molecule has 2 rings (SSSR count). The van der Waals surface area contributed by atoms with Gasteiger partial charge in [-0.1, -0.05) is 0 Å². The summed E-state index contributed by atoms with van der Waals surface area (Å²) in [5.74, 6) is 0. The van der Waals surface area contributed by atoms with Gasteiger partial charge < -0.3 is 5.32 Å². The van der Waals surface area contributed by atoms with Gasteiger partial charge in [-0.3, -0.25) is 9.36 Å². The molecule has 0 aliphatic carbocycles. The van der Waals surface area contributed by atoms with E-state index >= 15 is 0 Å². The topological polar surface area (TPSA) is 47.7 Å². The maximum absolute atomic E-state index is 4.49. The zero-order chi connectivity index (χ0) is 14.0. The molecule has 0 saturated carbocycles. The van der Waals surface area contributed by atoms with E-state index in [2.05, 4.69) is 49.4 Å². The number of nitrogens with zero attached hydrogens (tertiary/aromatic N) is 4. The largest absolute Gasteiger partial charge is 0.306 e. The van der Waals surface area contributed by atoms with Crippen LogP contribution < -0.4 is 5.32 Å². The summed E-state index contributed by atoms with van der Waals surface area (Å²) in [6.45, 7) is 10.2. The van der Waals surface area contributed by atoms with Gasteiger partial charge in [0, 0.05) is 49.2 Å². The van der Waals surface area contributed by atoms with Crippen LogP contribution in [0.2, 0.25) is 0 Å². The van der Waals surface area contributed by atoms with Gasteiger partial charge in [-0.15, -0.1) is 0 Å². The molecule has 1 N–H and O–H groups in total. The van der Waals surface area contributed by atoms with Gasteiger partial charge in [0.25, 0.3) is 0 Å². The number of rotatable bonds is 5. The van der Waals surface area contributed by atoms with Crippen molar-refractivity contribution in [2.75, 3.05) is 0 Å². The molecule has 1 atom stereocenters. The lowest BCUT2D eigenvalue weighted by atomic mass is 10.1. The third kappa shape index (κ3) is 2.87. The van der Waals surface area contributed by atoms with Crippen LogP contribution in [0.25, 0.3) is 0 Å². The monoisotopic (exact) mass is 261 g/mol. The van der Waals surface area contributed by atoms with Crippen LogP contribution >= 0.6 is 0 Å². The van der Waals surface area contributed by atoms with Gasteiger partial charge in [0.05, 0.1) is 11.9 Å². The second kappa shape index (κ2) is 5.57. The van der Waals surface area contributed by atoms with Crippen LogP contribution in [0.15, 0.2) is 12.4 Å². The molecule has 1 unspecified atom stereocenters. The Kier molecular flexibility index (Phi) is 4.04. The number of aromatic nitrogens is 4. The smallest absolute Gasteiger partial charge is 0.0641 e. The van der Waals surface area contributed by atoms with E-state index in [1.165, 1.54) is 16.8 Å². The lowest BCUT2D eigenvalue weighted by Gasteiger charge is -2.12. The van der Waals surface area contributed by atoms with E-state index in [4.69, 9.17) is 0 Å². The normalized spacial score (nSPS) is 12.9. The average Bonchev–Trinajstić information content (AvgIpc) is 2.92. The van der Waals surface area contributed by atoms with Crippen LogP contribution in [-0.2, 0) is 20.1 Å². The number of aryl methyl sites for hydroxylation is 3. The van der Waals surface area contributed by atoms with Crippen molar-refractivity contribution in [3.05, 3.63) is 34.9 Å². The summed E-state index contributed by atoms with van der Waals surface area (Å²) in [7, 11) is 1.97. The lowest BCUT2D eigenvalue weighted by Crippen LogP contribution is -2.18. The average molecular weight is 261 g/mol. The molecule has 0 aliphatic heterocycles. The zero-order valence-electron chi connectivity index (χ0n) is 12.4. The van der Waals surface area contributed by atoms with Gasteiger partial charge in [-0.05, 0) is 27.7 Å². The van der Waals surface area contributed by atoms with Crippen molar-refractivity contribution in [2.45, 2.75) is 46.8 Å². The standard InChI is InChI=1S/C14H23N5/c1-6-19-9-14(11(3)17-19)10(2)15-7-13-8-16-18(5)12(13)4/h8-10,15H,6-7H2,1-5H3. The molecule has 0 amide bonds. The van der Waals surface area contributed by atoms with Crippen molar-refractivity contribution in [2.24, 2.45) is 7.05 Å². The predicted octanol–water partition coefficient (Wildman–Crippen LogP) is 2.10. The minimum Gasteiger partial charge on any atom is -0.306 e. The number of hydrogen-bond acceptors (Lipinski definition) is 3. The maximum atomic E-state index is 4.49. The molecule has 2 heterocycles. The maximum Gasteiger partial charge on any atom is 0.0641 e. The van der Waals surface area contributed by atoms with Crippen LogP contribution in [0.4, 0.5) is 0 Å². The Bertz CT molecular complexity index is 552. The first kappa shape index (κ1) is 13.8. The molecule has 0 aromatic carbocycles. The van der Waals surface area contributed by atoms with Crippen LogP contribution in [0.5, 0.6) is 0 Å². The molecule has 0 bridgehead atoms. The molecule has 0 radical (unpaired) electrons. The van der Waals surface area contributed by atoms with Gasteiger partial charge in [0.1, 0.15) is 0 Å². The van der Waals surface area contributed by atoms with E-state index < -0.39 is 0 Å². The van der Waals surface area contributed by atoms with Crippen molar-refractivity contribution in [1.82, 2.24) is 24.9 Å². The third-order valence-corrected chi connectivity index (χ3v) is 3.71. The number of hydrogen-bond donors (Lipinski definition) is 1. The van der Waals surface area contributed by atoms with Crippen LogP contribution in [0.3, 0.4) is 0 Å². The molecular weight excluding hydrogens is 238 g/mol. The zero-order valence-corrected chi connectivity index (χ0v) is 12.4. The molecule has 0 fully saturated rings. The van der Waals surface area contributed by atoms with Crippen LogP contribution in [0.1, 0.15) is 42.4 Å². The predicted molar refractivity (Wildman–Crippen MR) is 75.8 cm³/mol. The molecule has 104 valence electrons. The summed E-state index contributed by atoms with van der Waals surface area (Å²) in [4.78, 5) is 0. The Morgan fingerprint density at radius 1 is 1.37 bits per heavy atom. The summed E-state index contributed by atoms with van der Waals surface area (Å²) in [6, 6.07) is 0.292. The second-order valence-corrected chi connectivity index (χ2v) is 5.01. The highest BCUT2D eigenvalue weighted by Gasteiger charge is 2.12. The Morgan fingerprint density at radius 3 is 2.63 bits per heavy atom. The summed E-state index contributed by atoms with van der Waals surface area (Å²) in [5.41, 5.74) is 4.82. The quantitative estimate of drug-likeness (QED) is 0.896. The molecule has 19 heavy (non-hydrogen) atoms. The fourth-order valence-electron chi connectivity index (χ4n) is 2.21. The van der Waals surface area contributed by atoms with E-state index in [-0.39, 0.29) is 0 Å². The van der Waals surface area contributed by atoms with Crippen molar-refractivity contribution in [3.63, 3.8) is 0 Å². The van der Waals surface area contributed by atoms with E-state index in [1.807, 2.05) is 22.6 Å². The van der Waals surface area contributed by atoms with Crippen molar-refractivity contribution in [3.8, 4) is 0 Å². The second-order valence-electron chi connectivity index (χ2n) is 5.01.